The number of ether oxygens (including phenoxy) is 1. The van der Waals surface area contributed by atoms with Crippen LogP contribution in [0.5, 0.6) is 0 Å². The second-order valence-corrected chi connectivity index (χ2v) is 6.98. The lowest BCUT2D eigenvalue weighted by Crippen LogP contribution is -2.40. The Labute approximate surface area is 148 Å². The number of anilines is 1. The molecule has 1 saturated heterocycles. The van der Waals surface area contributed by atoms with Crippen molar-refractivity contribution in [1.82, 2.24) is 14.6 Å². The van der Waals surface area contributed by atoms with Gasteiger partial charge >= 0.3 is 0 Å². The molecule has 1 fully saturated rings. The Morgan fingerprint density at radius 3 is 2.92 bits per heavy atom. The molecular weight excluding hydrogens is 343 g/mol. The number of hydrogen-bond acceptors (Lipinski definition) is 6. The maximum absolute atomic E-state index is 13.0. The number of benzene rings is 1. The van der Waals surface area contributed by atoms with Crippen LogP contribution < -0.4 is 4.90 Å². The van der Waals surface area contributed by atoms with Crippen LogP contribution >= 0.6 is 11.3 Å². The van der Waals surface area contributed by atoms with E-state index in [9.17, 15) is 4.39 Å². The van der Waals surface area contributed by atoms with Gasteiger partial charge in [0.15, 0.2) is 0 Å². The molecule has 6 nitrogen and oxygen atoms in total. The average Bonchev–Trinajstić information content (AvgIpc) is 3.20. The molecule has 2 aromatic heterocycles. The van der Waals surface area contributed by atoms with Gasteiger partial charge in [0.25, 0.3) is 0 Å². The summed E-state index contributed by atoms with van der Waals surface area (Å²) in [6.45, 7) is 2.15. The summed E-state index contributed by atoms with van der Waals surface area (Å²) < 4.78 is 20.5. The van der Waals surface area contributed by atoms with E-state index in [4.69, 9.17) is 9.84 Å². The standard InChI is InChI=1S/C17H19FN4O2S/c18-13-5-3-12(4-6-13)15-11-22-16(19-15)25-17(20-22)21-7-1-2-14(10-21)24-9-8-23/h3-6,11,14,23H,1-2,7-10H2. The number of aromatic nitrogens is 3. The molecule has 1 N–H and O–H groups in total. The first kappa shape index (κ1) is 16.4. The molecule has 0 spiro atoms. The number of halogens is 1. The molecule has 0 aliphatic carbocycles. The summed E-state index contributed by atoms with van der Waals surface area (Å²) in [7, 11) is 0. The van der Waals surface area contributed by atoms with Crippen molar-refractivity contribution < 1.29 is 14.2 Å². The SMILES string of the molecule is OCCOC1CCCN(c2nn3cc(-c4ccc(F)cc4)nc3s2)C1. The van der Waals surface area contributed by atoms with Crippen LogP contribution in [0.4, 0.5) is 9.52 Å². The van der Waals surface area contributed by atoms with Crippen molar-refractivity contribution in [2.24, 2.45) is 0 Å². The van der Waals surface area contributed by atoms with Gasteiger partial charge in [0, 0.05) is 18.7 Å². The minimum atomic E-state index is -0.256. The highest BCUT2D eigenvalue weighted by Gasteiger charge is 2.23. The molecule has 132 valence electrons. The van der Waals surface area contributed by atoms with Crippen molar-refractivity contribution in [1.29, 1.82) is 0 Å². The number of aliphatic hydroxyl groups excluding tert-OH is 1. The molecule has 0 bridgehead atoms. The number of imidazole rings is 1. The largest absolute Gasteiger partial charge is 0.394 e. The average molecular weight is 362 g/mol. The lowest BCUT2D eigenvalue weighted by Gasteiger charge is -2.31. The predicted molar refractivity (Wildman–Crippen MR) is 94.5 cm³/mol. The van der Waals surface area contributed by atoms with Gasteiger partial charge in [-0.2, -0.15) is 0 Å². The monoisotopic (exact) mass is 362 g/mol. The van der Waals surface area contributed by atoms with E-state index in [-0.39, 0.29) is 18.5 Å². The van der Waals surface area contributed by atoms with Gasteiger partial charge in [0.1, 0.15) is 5.82 Å². The van der Waals surface area contributed by atoms with Crippen LogP contribution in [-0.2, 0) is 4.74 Å². The topological polar surface area (TPSA) is 62.9 Å². The van der Waals surface area contributed by atoms with Crippen LogP contribution in [0.1, 0.15) is 12.8 Å². The van der Waals surface area contributed by atoms with E-state index in [1.54, 1.807) is 16.6 Å². The lowest BCUT2D eigenvalue weighted by atomic mass is 10.1. The van der Waals surface area contributed by atoms with E-state index in [1.807, 2.05) is 6.20 Å². The highest BCUT2D eigenvalue weighted by atomic mass is 32.1. The van der Waals surface area contributed by atoms with Gasteiger partial charge in [-0.3, -0.25) is 0 Å². The fourth-order valence-electron chi connectivity index (χ4n) is 3.04. The normalized spacial score (nSPS) is 18.2. The van der Waals surface area contributed by atoms with Crippen molar-refractivity contribution in [2.75, 3.05) is 31.2 Å². The minimum absolute atomic E-state index is 0.0493. The van der Waals surface area contributed by atoms with Crippen molar-refractivity contribution >= 4 is 21.4 Å². The van der Waals surface area contributed by atoms with E-state index >= 15 is 0 Å². The first-order valence-corrected chi connectivity index (χ1v) is 9.14. The number of aliphatic hydroxyl groups is 1. The molecule has 8 heteroatoms. The van der Waals surface area contributed by atoms with Crippen molar-refractivity contribution in [3.63, 3.8) is 0 Å². The molecule has 1 aliphatic rings. The molecule has 3 heterocycles. The molecule has 1 atom stereocenters. The van der Waals surface area contributed by atoms with Gasteiger partial charge in [-0.15, -0.1) is 5.10 Å². The van der Waals surface area contributed by atoms with Crippen molar-refractivity contribution in [3.8, 4) is 11.3 Å². The molecule has 1 aliphatic heterocycles. The minimum Gasteiger partial charge on any atom is -0.394 e. The summed E-state index contributed by atoms with van der Waals surface area (Å²) in [4.78, 5) is 7.63. The third kappa shape index (κ3) is 3.51. The smallest absolute Gasteiger partial charge is 0.214 e. The predicted octanol–water partition coefficient (Wildman–Crippen LogP) is 2.57. The second-order valence-electron chi connectivity index (χ2n) is 6.05. The highest BCUT2D eigenvalue weighted by molar-refractivity contribution is 7.20. The van der Waals surface area contributed by atoms with Gasteiger partial charge in [0.05, 0.1) is 31.2 Å². The molecule has 0 saturated carbocycles. The van der Waals surface area contributed by atoms with Gasteiger partial charge in [0.2, 0.25) is 10.1 Å². The number of rotatable bonds is 5. The van der Waals surface area contributed by atoms with Crippen LogP contribution in [0.25, 0.3) is 16.2 Å². The van der Waals surface area contributed by atoms with Crippen LogP contribution in [0.15, 0.2) is 30.5 Å². The number of hydrogen-bond donors (Lipinski definition) is 1. The second kappa shape index (κ2) is 7.07. The zero-order chi connectivity index (χ0) is 17.2. The number of fused-ring (bicyclic) bond motifs is 1. The Kier molecular flexibility index (Phi) is 4.65. The van der Waals surface area contributed by atoms with E-state index in [2.05, 4.69) is 15.0 Å². The first-order valence-electron chi connectivity index (χ1n) is 8.32. The zero-order valence-corrected chi connectivity index (χ0v) is 14.5. The molecular formula is C17H19FN4O2S. The van der Waals surface area contributed by atoms with E-state index in [0.29, 0.717) is 6.61 Å². The van der Waals surface area contributed by atoms with E-state index in [0.717, 1.165) is 47.3 Å². The van der Waals surface area contributed by atoms with Gasteiger partial charge in [-0.05, 0) is 37.1 Å². The fourth-order valence-corrected chi connectivity index (χ4v) is 3.96. The van der Waals surface area contributed by atoms with Gasteiger partial charge in [-0.1, -0.05) is 11.3 Å². The molecule has 1 unspecified atom stereocenters. The third-order valence-corrected chi connectivity index (χ3v) is 5.25. The first-order chi connectivity index (χ1) is 12.2. The molecule has 0 amide bonds. The molecule has 4 rings (SSSR count). The Hall–Kier alpha value is -2.03. The fraction of sp³-hybridized carbons (Fsp3) is 0.412. The summed E-state index contributed by atoms with van der Waals surface area (Å²) >= 11 is 1.54. The van der Waals surface area contributed by atoms with E-state index < -0.39 is 0 Å². The molecule has 3 aromatic rings. The lowest BCUT2D eigenvalue weighted by molar-refractivity contribution is 0.0214. The summed E-state index contributed by atoms with van der Waals surface area (Å²) in [6, 6.07) is 6.30. The maximum atomic E-state index is 13.0. The summed E-state index contributed by atoms with van der Waals surface area (Å²) in [6.07, 6.45) is 4.05. The Bertz CT molecular complexity index is 817. The van der Waals surface area contributed by atoms with Crippen LogP contribution in [-0.4, -0.2) is 52.1 Å². The van der Waals surface area contributed by atoms with E-state index in [1.165, 1.54) is 23.5 Å². The number of nitrogens with zero attached hydrogens (tertiary/aromatic N) is 4. The Morgan fingerprint density at radius 1 is 1.32 bits per heavy atom. The summed E-state index contributed by atoms with van der Waals surface area (Å²) in [5, 5.41) is 14.5. The summed E-state index contributed by atoms with van der Waals surface area (Å²) in [5.74, 6) is -0.256. The molecule has 25 heavy (non-hydrogen) atoms. The maximum Gasteiger partial charge on any atom is 0.214 e. The Morgan fingerprint density at radius 2 is 2.16 bits per heavy atom. The van der Waals surface area contributed by atoms with Crippen LogP contribution in [0, 0.1) is 5.82 Å². The van der Waals surface area contributed by atoms with Crippen molar-refractivity contribution in [2.45, 2.75) is 18.9 Å². The third-order valence-electron chi connectivity index (χ3n) is 4.27. The van der Waals surface area contributed by atoms with Gasteiger partial charge in [-0.25, -0.2) is 13.9 Å². The van der Waals surface area contributed by atoms with Crippen LogP contribution in [0.3, 0.4) is 0 Å². The number of piperidine rings is 1. The highest BCUT2D eigenvalue weighted by Crippen LogP contribution is 2.29. The van der Waals surface area contributed by atoms with Gasteiger partial charge < -0.3 is 14.7 Å². The van der Waals surface area contributed by atoms with Crippen molar-refractivity contribution in [3.05, 3.63) is 36.3 Å². The molecule has 1 aromatic carbocycles. The zero-order valence-electron chi connectivity index (χ0n) is 13.6. The van der Waals surface area contributed by atoms with Crippen LogP contribution in [0.2, 0.25) is 0 Å². The quantitative estimate of drug-likeness (QED) is 0.756. The summed E-state index contributed by atoms with van der Waals surface area (Å²) in [5.41, 5.74) is 1.66. The Balaban J connectivity index is 1.52. The molecule has 0 radical (unpaired) electrons.